The highest BCUT2D eigenvalue weighted by molar-refractivity contribution is 7.88. The van der Waals surface area contributed by atoms with Crippen molar-refractivity contribution in [3.05, 3.63) is 28.1 Å². The Hall–Kier alpha value is -1.52. The lowest BCUT2D eigenvalue weighted by molar-refractivity contribution is -0.0499. The number of thiophene rings is 1. The fourth-order valence-corrected chi connectivity index (χ4v) is 3.38. The minimum Gasteiger partial charge on any atom is -0.465 e. The summed E-state index contributed by atoms with van der Waals surface area (Å²) in [5, 5.41) is 0.262. The summed E-state index contributed by atoms with van der Waals surface area (Å²) in [5.41, 5.74) is -5.62. The molecule has 0 aliphatic rings. The van der Waals surface area contributed by atoms with Crippen LogP contribution in [0.5, 0.6) is 5.75 Å². The molecule has 5 nitrogen and oxygen atoms in total. The van der Waals surface area contributed by atoms with E-state index >= 15 is 0 Å². The molecule has 2 aromatic rings. The van der Waals surface area contributed by atoms with Crippen LogP contribution in [-0.2, 0) is 14.9 Å². The molecule has 0 aliphatic carbocycles. The monoisotopic (exact) mass is 374 g/mol. The number of halogens is 4. The van der Waals surface area contributed by atoms with Gasteiger partial charge in [-0.15, -0.1) is 11.3 Å². The first-order valence-electron chi connectivity index (χ1n) is 5.38. The summed E-state index contributed by atoms with van der Waals surface area (Å²) >= 11 is 6.46. The minimum absolute atomic E-state index is 0.00243. The third-order valence-corrected chi connectivity index (χ3v) is 4.76. The second kappa shape index (κ2) is 5.60. The lowest BCUT2D eigenvalue weighted by Gasteiger charge is -2.10. The number of benzene rings is 1. The van der Waals surface area contributed by atoms with Gasteiger partial charge in [0.25, 0.3) is 0 Å². The van der Waals surface area contributed by atoms with Crippen LogP contribution in [-0.4, -0.2) is 27.0 Å². The van der Waals surface area contributed by atoms with Crippen LogP contribution < -0.4 is 4.18 Å². The predicted molar refractivity (Wildman–Crippen MR) is 73.8 cm³/mol. The van der Waals surface area contributed by atoms with E-state index < -0.39 is 32.2 Å². The van der Waals surface area contributed by atoms with E-state index in [1.54, 1.807) is 0 Å². The van der Waals surface area contributed by atoms with Gasteiger partial charge in [0.15, 0.2) is 10.6 Å². The molecule has 0 bridgehead atoms. The van der Waals surface area contributed by atoms with Crippen LogP contribution >= 0.6 is 22.9 Å². The van der Waals surface area contributed by atoms with Gasteiger partial charge in [-0.25, -0.2) is 4.79 Å². The smallest absolute Gasteiger partial charge is 0.465 e. The molecule has 0 fully saturated rings. The van der Waals surface area contributed by atoms with Gasteiger partial charge in [-0.3, -0.25) is 0 Å². The molecule has 1 aromatic heterocycles. The van der Waals surface area contributed by atoms with Crippen LogP contribution in [0.1, 0.15) is 9.67 Å². The summed E-state index contributed by atoms with van der Waals surface area (Å²) < 4.78 is 68.5. The van der Waals surface area contributed by atoms with E-state index in [4.69, 9.17) is 11.6 Å². The molecule has 0 N–H and O–H groups in total. The first-order valence-corrected chi connectivity index (χ1v) is 7.98. The molecule has 0 saturated heterocycles. The zero-order valence-electron chi connectivity index (χ0n) is 10.6. The summed E-state index contributed by atoms with van der Waals surface area (Å²) in [4.78, 5) is 11.2. The number of ether oxygens (including phenoxy) is 1. The van der Waals surface area contributed by atoms with E-state index in [1.165, 1.54) is 18.2 Å². The number of hydrogen-bond donors (Lipinski definition) is 0. The molecule has 2 rings (SSSR count). The van der Waals surface area contributed by atoms with E-state index in [1.807, 2.05) is 0 Å². The van der Waals surface area contributed by atoms with Gasteiger partial charge in [0.1, 0.15) is 0 Å². The molecule has 11 heteroatoms. The van der Waals surface area contributed by atoms with Gasteiger partial charge in [0.2, 0.25) is 0 Å². The Morgan fingerprint density at radius 2 is 1.95 bits per heavy atom. The quantitative estimate of drug-likeness (QED) is 0.466. The molecule has 0 aliphatic heterocycles. The van der Waals surface area contributed by atoms with Gasteiger partial charge >= 0.3 is 21.6 Å². The van der Waals surface area contributed by atoms with Crippen molar-refractivity contribution in [2.45, 2.75) is 5.51 Å². The van der Waals surface area contributed by atoms with E-state index in [0.717, 1.165) is 7.11 Å². The lowest BCUT2D eigenvalue weighted by Crippen LogP contribution is -2.28. The number of carbonyl (C=O) groups excluding carboxylic acids is 1. The number of carbonyl (C=O) groups is 1. The lowest BCUT2D eigenvalue weighted by atomic mass is 10.2. The van der Waals surface area contributed by atoms with Crippen molar-refractivity contribution in [1.29, 1.82) is 0 Å². The molecule has 120 valence electrons. The molecular formula is C11H6ClF3O5S2. The Kier molecular flexibility index (Phi) is 4.28. The molecule has 0 amide bonds. The fourth-order valence-electron chi connectivity index (χ4n) is 1.51. The van der Waals surface area contributed by atoms with Crippen molar-refractivity contribution in [2.24, 2.45) is 0 Å². The average molecular weight is 375 g/mol. The third-order valence-electron chi connectivity index (χ3n) is 2.45. The first kappa shape index (κ1) is 16.8. The van der Waals surface area contributed by atoms with E-state index in [-0.39, 0.29) is 15.1 Å². The van der Waals surface area contributed by atoms with Gasteiger partial charge in [-0.1, -0.05) is 11.6 Å². The van der Waals surface area contributed by atoms with Crippen molar-refractivity contribution in [2.75, 3.05) is 7.11 Å². The fraction of sp³-hybridized carbons (Fsp3) is 0.182. The van der Waals surface area contributed by atoms with Crippen molar-refractivity contribution in [3.8, 4) is 5.75 Å². The molecule has 1 heterocycles. The van der Waals surface area contributed by atoms with Crippen LogP contribution in [0.3, 0.4) is 0 Å². The zero-order valence-corrected chi connectivity index (χ0v) is 13.0. The third kappa shape index (κ3) is 2.99. The van der Waals surface area contributed by atoms with Gasteiger partial charge in [-0.2, -0.15) is 21.6 Å². The summed E-state index contributed by atoms with van der Waals surface area (Å²) in [6, 6.07) is 3.94. The number of alkyl halides is 3. The van der Waals surface area contributed by atoms with Crippen molar-refractivity contribution in [1.82, 2.24) is 0 Å². The van der Waals surface area contributed by atoms with Crippen molar-refractivity contribution in [3.63, 3.8) is 0 Å². The van der Waals surface area contributed by atoms with E-state index in [2.05, 4.69) is 8.92 Å². The number of esters is 1. The molecule has 0 spiro atoms. The van der Waals surface area contributed by atoms with Crippen LogP contribution in [0.15, 0.2) is 18.2 Å². The van der Waals surface area contributed by atoms with Crippen LogP contribution in [0, 0.1) is 0 Å². The summed E-state index contributed by atoms with van der Waals surface area (Å²) in [5.74, 6) is -1.76. The van der Waals surface area contributed by atoms with Crippen LogP contribution in [0.4, 0.5) is 13.2 Å². The molecule has 0 radical (unpaired) electrons. The molecule has 22 heavy (non-hydrogen) atoms. The maximum atomic E-state index is 12.5. The van der Waals surface area contributed by atoms with Crippen molar-refractivity contribution < 1.29 is 35.3 Å². The highest BCUT2D eigenvalue weighted by Gasteiger charge is 2.49. The summed E-state index contributed by atoms with van der Waals surface area (Å²) in [6.45, 7) is 0. The largest absolute Gasteiger partial charge is 0.534 e. The first-order chi connectivity index (χ1) is 10.1. The second-order valence-corrected chi connectivity index (χ2v) is 6.90. The van der Waals surface area contributed by atoms with E-state index in [9.17, 15) is 26.4 Å². The number of methoxy groups -OCH3 is 1. The second-order valence-electron chi connectivity index (χ2n) is 3.88. The van der Waals surface area contributed by atoms with Crippen LogP contribution in [0.2, 0.25) is 5.02 Å². The Balaban J connectivity index is 2.68. The highest BCUT2D eigenvalue weighted by atomic mass is 35.5. The number of rotatable bonds is 3. The summed E-state index contributed by atoms with van der Waals surface area (Å²) in [6.07, 6.45) is 0. The van der Waals surface area contributed by atoms with Crippen molar-refractivity contribution >= 4 is 49.1 Å². The normalized spacial score (nSPS) is 12.4. The Morgan fingerprint density at radius 3 is 2.50 bits per heavy atom. The molecular weight excluding hydrogens is 369 g/mol. The Bertz CT molecular complexity index is 841. The zero-order chi connectivity index (χ0) is 16.7. The topological polar surface area (TPSA) is 69.7 Å². The molecule has 0 unspecified atom stereocenters. The van der Waals surface area contributed by atoms with Crippen LogP contribution in [0.25, 0.3) is 10.1 Å². The average Bonchev–Trinajstić information content (AvgIpc) is 2.74. The maximum absolute atomic E-state index is 12.5. The summed E-state index contributed by atoms with van der Waals surface area (Å²) in [7, 11) is -4.92. The predicted octanol–water partition coefficient (Wildman–Crippen LogP) is 3.57. The molecule has 1 aromatic carbocycles. The molecule has 0 atom stereocenters. The Labute approximate surface area is 131 Å². The van der Waals surface area contributed by atoms with Gasteiger partial charge in [-0.05, 0) is 18.2 Å². The molecule has 0 saturated carbocycles. The number of hydrogen-bond acceptors (Lipinski definition) is 6. The SMILES string of the molecule is COC(=O)c1sc2cc(Cl)ccc2c1OS(=O)(=O)C(F)(F)F. The van der Waals surface area contributed by atoms with Gasteiger partial charge in [0, 0.05) is 15.1 Å². The Morgan fingerprint density at radius 1 is 1.32 bits per heavy atom. The van der Waals surface area contributed by atoms with Gasteiger partial charge in [0.05, 0.1) is 7.11 Å². The van der Waals surface area contributed by atoms with E-state index in [0.29, 0.717) is 11.3 Å². The minimum atomic E-state index is -5.92. The standard InChI is InChI=1S/C11H6ClF3O5S2/c1-19-10(16)9-8(20-22(17,18)11(13,14)15)6-3-2-5(12)4-7(6)21-9/h2-4H,1H3. The maximum Gasteiger partial charge on any atom is 0.534 e. The van der Waals surface area contributed by atoms with Gasteiger partial charge < -0.3 is 8.92 Å². The highest BCUT2D eigenvalue weighted by Crippen LogP contribution is 2.41. The number of fused-ring (bicyclic) bond motifs is 1.